The van der Waals surface area contributed by atoms with Gasteiger partial charge in [0.15, 0.2) is 5.78 Å². The van der Waals surface area contributed by atoms with E-state index in [0.717, 1.165) is 5.56 Å². The van der Waals surface area contributed by atoms with Gasteiger partial charge in [-0.25, -0.2) is 0 Å². The highest BCUT2D eigenvalue weighted by atomic mass is 32.2. The van der Waals surface area contributed by atoms with Crippen molar-refractivity contribution in [1.82, 2.24) is 0 Å². The molecule has 108 valence electrons. The van der Waals surface area contributed by atoms with Crippen LogP contribution >= 0.6 is 0 Å². The molecule has 0 amide bonds. The Morgan fingerprint density at radius 1 is 1.05 bits per heavy atom. The van der Waals surface area contributed by atoms with Crippen molar-refractivity contribution < 1.29 is 13.7 Å². The maximum atomic E-state index is 12.8. The third-order valence-electron chi connectivity index (χ3n) is 3.63. The summed E-state index contributed by atoms with van der Waals surface area (Å²) >= 11 is 0. The highest BCUT2D eigenvalue weighted by Gasteiger charge is 2.39. The molecular formula is C17H16O3S. The van der Waals surface area contributed by atoms with Crippen molar-refractivity contribution in [3.8, 4) is 5.75 Å². The normalized spacial score (nSPS) is 22.3. The second kappa shape index (κ2) is 5.45. The van der Waals surface area contributed by atoms with E-state index >= 15 is 0 Å². The fourth-order valence-corrected chi connectivity index (χ4v) is 3.91. The van der Waals surface area contributed by atoms with Gasteiger partial charge in [0.05, 0.1) is 16.4 Å². The van der Waals surface area contributed by atoms with Crippen molar-refractivity contribution in [3.05, 3.63) is 59.7 Å². The number of hydrogen-bond acceptors (Lipinski definition) is 3. The van der Waals surface area contributed by atoms with Crippen molar-refractivity contribution >= 4 is 16.6 Å². The van der Waals surface area contributed by atoms with Gasteiger partial charge in [-0.3, -0.25) is 9.00 Å². The summed E-state index contributed by atoms with van der Waals surface area (Å²) in [7, 11) is -1.42. The van der Waals surface area contributed by atoms with Gasteiger partial charge in [0.25, 0.3) is 0 Å². The molecule has 2 aromatic carbocycles. The molecule has 0 fully saturated rings. The van der Waals surface area contributed by atoms with E-state index in [1.165, 1.54) is 0 Å². The van der Waals surface area contributed by atoms with Crippen molar-refractivity contribution in [2.45, 2.75) is 30.1 Å². The summed E-state index contributed by atoms with van der Waals surface area (Å²) in [5.41, 5.74) is 1.61. The van der Waals surface area contributed by atoms with Gasteiger partial charge < -0.3 is 4.74 Å². The molecule has 0 aromatic heterocycles. The average molecular weight is 300 g/mol. The summed E-state index contributed by atoms with van der Waals surface area (Å²) in [6.45, 7) is 3.77. The van der Waals surface area contributed by atoms with Crippen molar-refractivity contribution in [3.63, 3.8) is 0 Å². The monoisotopic (exact) mass is 300 g/mol. The molecule has 0 unspecified atom stereocenters. The van der Waals surface area contributed by atoms with E-state index in [2.05, 4.69) is 0 Å². The van der Waals surface area contributed by atoms with Crippen LogP contribution in [0.25, 0.3) is 0 Å². The number of benzene rings is 2. The first-order valence-electron chi connectivity index (χ1n) is 6.85. The van der Waals surface area contributed by atoms with E-state index in [9.17, 15) is 9.00 Å². The molecule has 1 aliphatic rings. The number of Topliss-reactive ketones (excluding diaryl/α,β-unsaturated/α-hetero) is 1. The highest BCUT2D eigenvalue weighted by Crippen LogP contribution is 2.31. The van der Waals surface area contributed by atoms with Gasteiger partial charge >= 0.3 is 0 Å². The number of carbonyl (C=O) groups is 1. The van der Waals surface area contributed by atoms with E-state index in [1.54, 1.807) is 25.1 Å². The molecule has 3 rings (SSSR count). The molecule has 3 nitrogen and oxygen atoms in total. The Bertz CT molecular complexity index is 706. The van der Waals surface area contributed by atoms with Crippen LogP contribution in [0.3, 0.4) is 0 Å². The predicted octanol–water partition coefficient (Wildman–Crippen LogP) is 3.14. The first kappa shape index (κ1) is 14.0. The zero-order chi connectivity index (χ0) is 15.0. The first-order valence-corrected chi connectivity index (χ1v) is 8.06. The largest absolute Gasteiger partial charge is 0.488 e. The number of aryl methyl sites for hydroxylation is 1. The van der Waals surface area contributed by atoms with Gasteiger partial charge in [0, 0.05) is 4.90 Å². The molecule has 0 saturated carbocycles. The van der Waals surface area contributed by atoms with E-state index in [1.807, 2.05) is 37.3 Å². The third-order valence-corrected chi connectivity index (χ3v) is 5.43. The minimum absolute atomic E-state index is 0.108. The summed E-state index contributed by atoms with van der Waals surface area (Å²) < 4.78 is 18.5. The minimum atomic E-state index is -1.42. The maximum absolute atomic E-state index is 12.8. The van der Waals surface area contributed by atoms with Crippen LogP contribution in [0.15, 0.2) is 53.4 Å². The standard InChI is InChI=1S/C17H16O3S/c1-11-7-9-13(10-8-11)21(19)17-12(2)20-15-6-4-3-5-14(15)16(17)18/h3-10,12,17H,1-2H3/t12-,17+,21+/m1/s1. The Kier molecular flexibility index (Phi) is 3.64. The molecule has 1 aliphatic heterocycles. The number of rotatable bonds is 2. The number of para-hydroxylation sites is 1. The topological polar surface area (TPSA) is 43.4 Å². The maximum Gasteiger partial charge on any atom is 0.186 e. The number of hydrogen-bond donors (Lipinski definition) is 0. The number of ketones is 1. The molecule has 0 bridgehead atoms. The molecule has 0 spiro atoms. The summed E-state index contributed by atoms with van der Waals surface area (Å²) in [5, 5.41) is -0.664. The molecule has 0 aliphatic carbocycles. The van der Waals surface area contributed by atoms with Crippen LogP contribution in [0.4, 0.5) is 0 Å². The van der Waals surface area contributed by atoms with Crippen molar-refractivity contribution in [2.24, 2.45) is 0 Å². The second-order valence-electron chi connectivity index (χ2n) is 5.21. The lowest BCUT2D eigenvalue weighted by Gasteiger charge is -2.29. The molecule has 0 saturated heterocycles. The number of carbonyl (C=O) groups excluding carboxylic acids is 1. The Labute approximate surface area is 126 Å². The second-order valence-corrected chi connectivity index (χ2v) is 6.79. The third kappa shape index (κ3) is 2.51. The van der Waals surface area contributed by atoms with Crippen LogP contribution in [0.2, 0.25) is 0 Å². The van der Waals surface area contributed by atoms with Crippen molar-refractivity contribution in [1.29, 1.82) is 0 Å². The van der Waals surface area contributed by atoms with Crippen molar-refractivity contribution in [2.75, 3.05) is 0 Å². The Balaban J connectivity index is 1.97. The Morgan fingerprint density at radius 3 is 2.43 bits per heavy atom. The lowest BCUT2D eigenvalue weighted by atomic mass is 10.0. The fourth-order valence-electron chi connectivity index (χ4n) is 2.49. The molecule has 0 radical (unpaired) electrons. The van der Waals surface area contributed by atoms with Gasteiger partial charge in [0.1, 0.15) is 17.1 Å². The van der Waals surface area contributed by atoms with Crippen LogP contribution in [-0.4, -0.2) is 21.3 Å². The lowest BCUT2D eigenvalue weighted by molar-refractivity contribution is 0.0883. The van der Waals surface area contributed by atoms with Crippen LogP contribution in [-0.2, 0) is 10.8 Å². The fraction of sp³-hybridized carbons (Fsp3) is 0.235. The quantitative estimate of drug-likeness (QED) is 0.856. The first-order chi connectivity index (χ1) is 10.1. The molecule has 1 heterocycles. The molecule has 4 heteroatoms. The molecular weight excluding hydrogens is 284 g/mol. The predicted molar refractivity (Wildman–Crippen MR) is 82.2 cm³/mol. The zero-order valence-electron chi connectivity index (χ0n) is 11.9. The molecule has 2 aromatic rings. The smallest absolute Gasteiger partial charge is 0.186 e. The highest BCUT2D eigenvalue weighted by molar-refractivity contribution is 7.86. The van der Waals surface area contributed by atoms with E-state index < -0.39 is 22.2 Å². The van der Waals surface area contributed by atoms with Crippen LogP contribution in [0.5, 0.6) is 5.75 Å². The molecule has 3 atom stereocenters. The van der Waals surface area contributed by atoms with Crippen LogP contribution < -0.4 is 4.74 Å². The number of fused-ring (bicyclic) bond motifs is 1. The van der Waals surface area contributed by atoms with E-state index in [4.69, 9.17) is 4.74 Å². The number of ether oxygens (including phenoxy) is 1. The molecule has 0 N–H and O–H groups in total. The van der Waals surface area contributed by atoms with Crippen LogP contribution in [0, 0.1) is 6.92 Å². The van der Waals surface area contributed by atoms with E-state index in [-0.39, 0.29) is 5.78 Å². The summed E-state index contributed by atoms with van der Waals surface area (Å²) in [4.78, 5) is 13.3. The SMILES string of the molecule is Cc1ccc([S@](=O)[C@@H]2C(=O)c3ccccc3O[C@@H]2C)cc1. The van der Waals surface area contributed by atoms with Gasteiger partial charge in [-0.2, -0.15) is 0 Å². The Morgan fingerprint density at radius 2 is 1.71 bits per heavy atom. The average Bonchev–Trinajstić information content (AvgIpc) is 2.48. The van der Waals surface area contributed by atoms with Crippen LogP contribution in [0.1, 0.15) is 22.8 Å². The summed E-state index contributed by atoms with van der Waals surface area (Å²) in [5.74, 6) is 0.468. The van der Waals surface area contributed by atoms with Gasteiger partial charge in [-0.1, -0.05) is 29.8 Å². The van der Waals surface area contributed by atoms with Gasteiger partial charge in [-0.15, -0.1) is 0 Å². The summed E-state index contributed by atoms with van der Waals surface area (Å²) in [6.07, 6.45) is -0.408. The zero-order valence-corrected chi connectivity index (χ0v) is 12.7. The molecule has 21 heavy (non-hydrogen) atoms. The Hall–Kier alpha value is -1.94. The van der Waals surface area contributed by atoms with Gasteiger partial charge in [-0.05, 0) is 38.1 Å². The van der Waals surface area contributed by atoms with E-state index in [0.29, 0.717) is 16.2 Å². The summed E-state index contributed by atoms with van der Waals surface area (Å²) in [6, 6.07) is 14.5. The minimum Gasteiger partial charge on any atom is -0.488 e. The van der Waals surface area contributed by atoms with Gasteiger partial charge in [0.2, 0.25) is 0 Å². The lowest BCUT2D eigenvalue weighted by Crippen LogP contribution is -2.43.